The average molecular weight is 513 g/mol. The molecule has 0 saturated heterocycles. The molecule has 0 aliphatic carbocycles. The predicted molar refractivity (Wildman–Crippen MR) is 124 cm³/mol. The van der Waals surface area contributed by atoms with Crippen molar-refractivity contribution in [3.8, 4) is 0 Å². The van der Waals surface area contributed by atoms with Crippen molar-refractivity contribution in [2.75, 3.05) is 11.5 Å². The number of aliphatic carboxylic acids is 4. The van der Waals surface area contributed by atoms with E-state index >= 15 is 0 Å². The third-order valence-corrected chi connectivity index (χ3v) is 6.00. The smallest absolute Gasteiger partial charge is 0.321 e. The van der Waals surface area contributed by atoms with E-state index in [9.17, 15) is 19.2 Å². The number of nitrogens with two attached hydrogens (primary N) is 4. The van der Waals surface area contributed by atoms with Crippen molar-refractivity contribution >= 4 is 45.5 Å². The third kappa shape index (κ3) is 17.8. The molecule has 1 aromatic rings. The highest BCUT2D eigenvalue weighted by Gasteiger charge is 2.15. The van der Waals surface area contributed by atoms with Crippen molar-refractivity contribution in [1.29, 1.82) is 0 Å². The first-order chi connectivity index (χ1) is 15.2. The summed E-state index contributed by atoms with van der Waals surface area (Å²) in [5, 5.41) is 33.5. The molecule has 0 radical (unpaired) electrons. The number of nitrogens with one attached hydrogen (secondary N) is 1. The number of rotatable bonds is 12. The minimum absolute atomic E-state index is 0.0208. The fraction of sp³-hybridized carbons (Fsp3) is 0.588. The van der Waals surface area contributed by atoms with Gasteiger partial charge in [-0.25, -0.2) is 4.98 Å². The van der Waals surface area contributed by atoms with Gasteiger partial charge in [0.05, 0.1) is 6.33 Å². The zero-order valence-corrected chi connectivity index (χ0v) is 19.8. The Labute approximate surface area is 198 Å². The lowest BCUT2D eigenvalue weighted by molar-refractivity contribution is -0.140. The van der Waals surface area contributed by atoms with E-state index in [4.69, 9.17) is 43.4 Å². The highest BCUT2D eigenvalue weighted by atomic mass is 33.1. The Kier molecular flexibility index (Phi) is 18.0. The molecule has 13 N–H and O–H groups in total. The lowest BCUT2D eigenvalue weighted by Gasteiger charge is -2.07. The molecule has 0 aliphatic rings. The van der Waals surface area contributed by atoms with Gasteiger partial charge in [-0.05, 0) is 5.92 Å². The summed E-state index contributed by atoms with van der Waals surface area (Å²) in [6.45, 7) is 3.55. The normalized spacial score (nSPS) is 13.9. The second-order valence-corrected chi connectivity index (χ2v) is 9.34. The average Bonchev–Trinajstić information content (AvgIpc) is 3.23. The first-order valence-corrected chi connectivity index (χ1v) is 11.8. The minimum Gasteiger partial charge on any atom is -0.480 e. The van der Waals surface area contributed by atoms with Gasteiger partial charge in [-0.2, -0.15) is 0 Å². The van der Waals surface area contributed by atoms with E-state index in [0.29, 0.717) is 0 Å². The molecule has 0 bridgehead atoms. The van der Waals surface area contributed by atoms with Gasteiger partial charge in [-0.1, -0.05) is 35.4 Å². The molecule has 4 unspecified atom stereocenters. The number of carbonyl (C=O) groups is 4. The molecule has 1 rings (SSSR count). The number of hydrogen-bond donors (Lipinski definition) is 9. The fourth-order valence-corrected chi connectivity index (χ4v) is 3.62. The van der Waals surface area contributed by atoms with Crippen LogP contribution in [0.15, 0.2) is 12.5 Å². The molecule has 16 heteroatoms. The van der Waals surface area contributed by atoms with Crippen molar-refractivity contribution in [1.82, 2.24) is 9.97 Å². The van der Waals surface area contributed by atoms with E-state index < -0.39 is 48.0 Å². The topological polar surface area (TPSA) is 282 Å². The highest BCUT2D eigenvalue weighted by Crippen LogP contribution is 2.22. The zero-order valence-electron chi connectivity index (χ0n) is 18.2. The van der Waals surface area contributed by atoms with Crippen molar-refractivity contribution in [3.63, 3.8) is 0 Å². The van der Waals surface area contributed by atoms with Gasteiger partial charge in [0, 0.05) is 29.8 Å². The van der Waals surface area contributed by atoms with Gasteiger partial charge >= 0.3 is 23.9 Å². The lowest BCUT2D eigenvalue weighted by atomic mass is 10.1. The number of aromatic nitrogens is 2. The molecular weight excluding hydrogens is 480 g/mol. The van der Waals surface area contributed by atoms with Crippen LogP contribution in [0.3, 0.4) is 0 Å². The van der Waals surface area contributed by atoms with Crippen molar-refractivity contribution < 1.29 is 39.6 Å². The SMILES string of the molecule is CC(C)C(N)C(=O)O.NC(CSSCC(N)C(=O)O)C(=O)O.NC(Cc1cnc[nH]1)C(=O)O. The van der Waals surface area contributed by atoms with Crippen LogP contribution in [0.5, 0.6) is 0 Å². The molecule has 0 aliphatic heterocycles. The summed E-state index contributed by atoms with van der Waals surface area (Å²) in [5.74, 6) is -3.59. The maximum atomic E-state index is 10.3. The van der Waals surface area contributed by atoms with Gasteiger partial charge < -0.3 is 48.3 Å². The molecule has 1 heterocycles. The minimum atomic E-state index is -1.07. The van der Waals surface area contributed by atoms with Gasteiger partial charge in [0.1, 0.15) is 24.2 Å². The Balaban J connectivity index is 0. The Morgan fingerprint density at radius 1 is 0.848 bits per heavy atom. The maximum absolute atomic E-state index is 10.3. The Morgan fingerprint density at radius 2 is 1.27 bits per heavy atom. The molecule has 33 heavy (non-hydrogen) atoms. The van der Waals surface area contributed by atoms with E-state index in [1.165, 1.54) is 27.9 Å². The zero-order chi connectivity index (χ0) is 26.1. The van der Waals surface area contributed by atoms with Gasteiger partial charge in [-0.15, -0.1) is 0 Å². The summed E-state index contributed by atoms with van der Waals surface area (Å²) in [6, 6.07) is -3.41. The van der Waals surface area contributed by atoms with E-state index in [-0.39, 0.29) is 23.8 Å². The van der Waals surface area contributed by atoms with Crippen LogP contribution in [-0.2, 0) is 25.6 Å². The molecule has 0 saturated carbocycles. The molecule has 14 nitrogen and oxygen atoms in total. The van der Waals surface area contributed by atoms with E-state index in [2.05, 4.69) is 9.97 Å². The van der Waals surface area contributed by atoms with Crippen LogP contribution in [0.2, 0.25) is 0 Å². The number of aromatic amines is 1. The van der Waals surface area contributed by atoms with Crippen LogP contribution in [0.25, 0.3) is 0 Å². The number of hydrogen-bond acceptors (Lipinski definition) is 11. The Bertz CT molecular complexity index is 700. The number of nitrogens with zero attached hydrogens (tertiary/aromatic N) is 1. The van der Waals surface area contributed by atoms with Gasteiger partial charge in [-0.3, -0.25) is 19.2 Å². The summed E-state index contributed by atoms with van der Waals surface area (Å²) in [7, 11) is 2.41. The van der Waals surface area contributed by atoms with Crippen molar-refractivity contribution in [2.45, 2.75) is 44.4 Å². The number of carboxylic acids is 4. The second kappa shape index (κ2) is 18.1. The molecule has 4 atom stereocenters. The number of H-pyrrole nitrogens is 1. The van der Waals surface area contributed by atoms with Crippen LogP contribution in [0, 0.1) is 5.92 Å². The van der Waals surface area contributed by atoms with Gasteiger partial charge in [0.25, 0.3) is 0 Å². The number of imidazole rings is 1. The molecule has 0 spiro atoms. The molecule has 0 fully saturated rings. The van der Waals surface area contributed by atoms with Crippen LogP contribution >= 0.6 is 21.6 Å². The molecule has 0 amide bonds. The summed E-state index contributed by atoms with van der Waals surface area (Å²) in [5.41, 5.74) is 21.6. The predicted octanol–water partition coefficient (Wildman–Crippen LogP) is -1.39. The lowest BCUT2D eigenvalue weighted by Crippen LogP contribution is -2.34. The molecule has 190 valence electrons. The van der Waals surface area contributed by atoms with Crippen molar-refractivity contribution in [2.24, 2.45) is 28.9 Å². The summed E-state index contributed by atoms with van der Waals surface area (Å²) < 4.78 is 0. The fourth-order valence-electron chi connectivity index (χ4n) is 1.39. The van der Waals surface area contributed by atoms with E-state index in [0.717, 1.165) is 5.69 Å². The largest absolute Gasteiger partial charge is 0.480 e. The van der Waals surface area contributed by atoms with Crippen LogP contribution < -0.4 is 22.9 Å². The number of carboxylic acid groups (broad SMARTS) is 4. The van der Waals surface area contributed by atoms with Crippen LogP contribution in [0.1, 0.15) is 19.5 Å². The van der Waals surface area contributed by atoms with E-state index in [1.54, 1.807) is 20.0 Å². The van der Waals surface area contributed by atoms with E-state index in [1.807, 2.05) is 0 Å². The highest BCUT2D eigenvalue weighted by molar-refractivity contribution is 8.76. The van der Waals surface area contributed by atoms with Crippen LogP contribution in [-0.4, -0.2) is 89.9 Å². The standard InChI is InChI=1S/C6H9N3O2.C6H12N2O4S2.C5H11NO2/c7-5(6(10)11)1-4-2-8-3-9-4;7-3(5(9)10)1-13-14-2-4(8)6(11)12;1-3(2)4(6)5(7)8/h2-3,5H,1,7H2,(H,8,9)(H,10,11);3-4H,1-2,7-8H2,(H,9,10)(H,11,12);3-4H,6H2,1-2H3,(H,7,8). The molecule has 0 aromatic carbocycles. The summed E-state index contributed by atoms with van der Waals surface area (Å²) in [6.07, 6.45) is 3.34. The van der Waals surface area contributed by atoms with Gasteiger partial charge in [0.15, 0.2) is 0 Å². The summed E-state index contributed by atoms with van der Waals surface area (Å²) >= 11 is 0. The summed E-state index contributed by atoms with van der Waals surface area (Å²) in [4.78, 5) is 47.3. The monoisotopic (exact) mass is 512 g/mol. The van der Waals surface area contributed by atoms with Crippen molar-refractivity contribution in [3.05, 3.63) is 18.2 Å². The Hall–Kier alpha value is -2.37. The quantitative estimate of drug-likeness (QED) is 0.115. The molecule has 1 aromatic heterocycles. The van der Waals surface area contributed by atoms with Crippen LogP contribution in [0.4, 0.5) is 0 Å². The maximum Gasteiger partial charge on any atom is 0.321 e. The molecular formula is C17H32N6O8S2. The Morgan fingerprint density at radius 3 is 1.52 bits per heavy atom. The first kappa shape index (κ1) is 32.8. The third-order valence-electron chi connectivity index (χ3n) is 3.53. The van der Waals surface area contributed by atoms with Gasteiger partial charge in [0.2, 0.25) is 0 Å². The second-order valence-electron chi connectivity index (χ2n) is 6.79. The first-order valence-electron chi connectivity index (χ1n) is 9.35.